The molecule has 2 fully saturated rings. The highest BCUT2D eigenvalue weighted by molar-refractivity contribution is 5.67. The maximum absolute atomic E-state index is 14.3. The summed E-state index contributed by atoms with van der Waals surface area (Å²) >= 11 is 0. The Bertz CT molecular complexity index is 1160. The minimum atomic E-state index is -4.63. The van der Waals surface area contributed by atoms with Crippen LogP contribution in [0.15, 0.2) is 48.9 Å². The molecule has 1 aliphatic carbocycles. The molecule has 0 bridgehead atoms. The van der Waals surface area contributed by atoms with Gasteiger partial charge in [0, 0.05) is 49.0 Å². The van der Waals surface area contributed by atoms with Crippen molar-refractivity contribution in [2.75, 3.05) is 23.3 Å². The molecule has 3 heterocycles. The van der Waals surface area contributed by atoms with Gasteiger partial charge in [0.1, 0.15) is 0 Å². The lowest BCUT2D eigenvalue weighted by molar-refractivity contribution is -0.138. The van der Waals surface area contributed by atoms with Gasteiger partial charge in [-0.3, -0.25) is 0 Å². The third-order valence-electron chi connectivity index (χ3n) is 6.59. The van der Waals surface area contributed by atoms with Gasteiger partial charge in [0.05, 0.1) is 5.56 Å². The largest absolute Gasteiger partial charge is 0.417 e. The molecular formula is C24H23F4N5. The summed E-state index contributed by atoms with van der Waals surface area (Å²) < 4.78 is 52.7. The molecule has 1 atom stereocenters. The van der Waals surface area contributed by atoms with Crippen molar-refractivity contribution in [1.29, 1.82) is 0 Å². The molecule has 0 unspecified atom stereocenters. The molecule has 9 heteroatoms. The smallest absolute Gasteiger partial charge is 0.366 e. The minimum absolute atomic E-state index is 0.0571. The summed E-state index contributed by atoms with van der Waals surface area (Å²) in [5.74, 6) is -0.525. The van der Waals surface area contributed by atoms with Gasteiger partial charge < -0.3 is 10.2 Å². The van der Waals surface area contributed by atoms with E-state index in [9.17, 15) is 17.6 Å². The van der Waals surface area contributed by atoms with E-state index in [1.54, 1.807) is 18.5 Å². The fraction of sp³-hybridized carbons (Fsp3) is 0.375. The van der Waals surface area contributed by atoms with Gasteiger partial charge in [0.15, 0.2) is 17.5 Å². The van der Waals surface area contributed by atoms with Crippen molar-refractivity contribution in [2.45, 2.75) is 38.4 Å². The van der Waals surface area contributed by atoms with Gasteiger partial charge in [0.25, 0.3) is 0 Å². The van der Waals surface area contributed by atoms with Crippen LogP contribution in [-0.4, -0.2) is 34.1 Å². The minimum Gasteiger partial charge on any atom is -0.366 e. The van der Waals surface area contributed by atoms with E-state index in [-0.39, 0.29) is 17.3 Å². The summed E-state index contributed by atoms with van der Waals surface area (Å²) in [6.45, 7) is 3.31. The van der Waals surface area contributed by atoms with Crippen molar-refractivity contribution in [3.63, 3.8) is 0 Å². The number of pyridine rings is 1. The summed E-state index contributed by atoms with van der Waals surface area (Å²) in [5, 5.41) is 2.94. The lowest BCUT2D eigenvalue weighted by atomic mass is 10.0. The zero-order valence-electron chi connectivity index (χ0n) is 18.0. The molecule has 3 aromatic rings. The van der Waals surface area contributed by atoms with Crippen LogP contribution in [0.1, 0.15) is 30.4 Å². The zero-order valence-corrected chi connectivity index (χ0v) is 18.0. The van der Waals surface area contributed by atoms with E-state index in [0.717, 1.165) is 42.6 Å². The van der Waals surface area contributed by atoms with Crippen LogP contribution < -0.4 is 10.2 Å². The van der Waals surface area contributed by atoms with Crippen LogP contribution in [0.5, 0.6) is 0 Å². The predicted octanol–water partition coefficient (Wildman–Crippen LogP) is 5.48. The maximum atomic E-state index is 14.3. The lowest BCUT2D eigenvalue weighted by Gasteiger charge is -2.29. The highest BCUT2D eigenvalue weighted by Crippen LogP contribution is 2.56. The van der Waals surface area contributed by atoms with E-state index in [2.05, 4.69) is 31.2 Å². The SMILES string of the molecule is Cc1ccc(-c2ncccn2)cc1N1CC2(CC2)C[C@H]1CNc1ncc(C(F)(F)F)cc1F. The summed E-state index contributed by atoms with van der Waals surface area (Å²) in [7, 11) is 0. The van der Waals surface area contributed by atoms with Gasteiger partial charge >= 0.3 is 6.18 Å². The fourth-order valence-corrected chi connectivity index (χ4v) is 4.61. The van der Waals surface area contributed by atoms with Crippen molar-refractivity contribution >= 4 is 11.5 Å². The van der Waals surface area contributed by atoms with Crippen molar-refractivity contribution in [3.8, 4) is 11.4 Å². The van der Waals surface area contributed by atoms with Crippen LogP contribution in [0.2, 0.25) is 0 Å². The predicted molar refractivity (Wildman–Crippen MR) is 117 cm³/mol. The Morgan fingerprint density at radius 2 is 1.88 bits per heavy atom. The van der Waals surface area contributed by atoms with Gasteiger partial charge in [-0.1, -0.05) is 12.1 Å². The molecule has 1 saturated heterocycles. The second-order valence-electron chi connectivity index (χ2n) is 8.99. The second kappa shape index (κ2) is 7.97. The van der Waals surface area contributed by atoms with Crippen LogP contribution in [0.4, 0.5) is 29.1 Å². The normalized spacial score (nSPS) is 19.2. The lowest BCUT2D eigenvalue weighted by Crippen LogP contribution is -2.35. The Morgan fingerprint density at radius 1 is 1.12 bits per heavy atom. The van der Waals surface area contributed by atoms with Gasteiger partial charge in [-0.05, 0) is 55.4 Å². The van der Waals surface area contributed by atoms with Crippen molar-refractivity contribution in [2.24, 2.45) is 5.41 Å². The summed E-state index contributed by atoms with van der Waals surface area (Å²) in [6, 6.07) is 8.42. The van der Waals surface area contributed by atoms with E-state index in [1.165, 1.54) is 0 Å². The fourth-order valence-electron chi connectivity index (χ4n) is 4.61. The number of benzene rings is 1. The van der Waals surface area contributed by atoms with Crippen molar-refractivity contribution in [3.05, 3.63) is 65.9 Å². The van der Waals surface area contributed by atoms with Crippen molar-refractivity contribution < 1.29 is 17.6 Å². The molecule has 1 aliphatic heterocycles. The van der Waals surface area contributed by atoms with E-state index >= 15 is 0 Å². The Balaban J connectivity index is 1.39. The third kappa shape index (κ3) is 4.36. The number of hydrogen-bond acceptors (Lipinski definition) is 5. The summed E-state index contributed by atoms with van der Waals surface area (Å²) in [6.07, 6.45) is 2.67. The van der Waals surface area contributed by atoms with Crippen LogP contribution >= 0.6 is 0 Å². The first-order valence-electron chi connectivity index (χ1n) is 10.9. The molecule has 5 rings (SSSR count). The first-order chi connectivity index (χ1) is 15.7. The van der Waals surface area contributed by atoms with Gasteiger partial charge in [-0.2, -0.15) is 13.2 Å². The van der Waals surface area contributed by atoms with Crippen molar-refractivity contribution in [1.82, 2.24) is 15.0 Å². The monoisotopic (exact) mass is 457 g/mol. The first-order valence-corrected chi connectivity index (χ1v) is 10.9. The van der Waals surface area contributed by atoms with E-state index < -0.39 is 17.6 Å². The molecule has 0 radical (unpaired) electrons. The van der Waals surface area contributed by atoms with Gasteiger partial charge in [-0.15, -0.1) is 0 Å². The Morgan fingerprint density at radius 3 is 2.55 bits per heavy atom. The molecule has 1 N–H and O–H groups in total. The standard InChI is InChI=1S/C24H23F4N5/c1-15-3-4-16(21-29-7-2-8-30-21)9-20(15)33-14-23(5-6-23)11-18(33)13-32-22-19(25)10-17(12-31-22)24(26,27)28/h2-4,7-10,12,18H,5-6,11,13-14H2,1H3,(H,31,32)/t18-/m0/s1. The summed E-state index contributed by atoms with van der Waals surface area (Å²) in [4.78, 5) is 14.7. The average Bonchev–Trinajstić information content (AvgIpc) is 3.45. The second-order valence-corrected chi connectivity index (χ2v) is 8.99. The topological polar surface area (TPSA) is 53.9 Å². The van der Waals surface area contributed by atoms with Gasteiger partial charge in [0.2, 0.25) is 0 Å². The van der Waals surface area contributed by atoms with E-state index in [1.807, 2.05) is 19.1 Å². The molecule has 172 valence electrons. The van der Waals surface area contributed by atoms with Gasteiger partial charge in [-0.25, -0.2) is 19.3 Å². The summed E-state index contributed by atoms with van der Waals surface area (Å²) in [5.41, 5.74) is 2.24. The Labute approximate surface area is 188 Å². The highest BCUT2D eigenvalue weighted by atomic mass is 19.4. The number of hydrogen-bond donors (Lipinski definition) is 1. The van der Waals surface area contributed by atoms with Crippen LogP contribution in [0, 0.1) is 18.2 Å². The number of nitrogens with one attached hydrogen (secondary N) is 1. The molecule has 2 aliphatic rings. The Kier molecular flexibility index (Phi) is 5.22. The maximum Gasteiger partial charge on any atom is 0.417 e. The number of halogens is 4. The highest BCUT2D eigenvalue weighted by Gasteiger charge is 2.52. The zero-order chi connectivity index (χ0) is 23.2. The number of rotatable bonds is 5. The van der Waals surface area contributed by atoms with Crippen LogP contribution in [-0.2, 0) is 6.18 Å². The molecular weight excluding hydrogens is 434 g/mol. The molecule has 1 spiro atoms. The van der Waals surface area contributed by atoms with E-state index in [0.29, 0.717) is 24.6 Å². The van der Waals surface area contributed by atoms with Crippen LogP contribution in [0.25, 0.3) is 11.4 Å². The molecule has 2 aromatic heterocycles. The molecule has 1 saturated carbocycles. The Hall–Kier alpha value is -3.23. The van der Waals surface area contributed by atoms with Crippen LogP contribution in [0.3, 0.4) is 0 Å². The number of aromatic nitrogens is 3. The molecule has 33 heavy (non-hydrogen) atoms. The number of alkyl halides is 3. The molecule has 0 amide bonds. The number of aryl methyl sites for hydroxylation is 1. The quantitative estimate of drug-likeness (QED) is 0.515. The number of nitrogens with zero attached hydrogens (tertiary/aromatic N) is 4. The third-order valence-corrected chi connectivity index (χ3v) is 6.59. The van der Waals surface area contributed by atoms with E-state index in [4.69, 9.17) is 0 Å². The average molecular weight is 457 g/mol. The molecule has 1 aromatic carbocycles. The number of anilines is 2. The first kappa shape index (κ1) is 21.6. The molecule has 5 nitrogen and oxygen atoms in total.